The van der Waals surface area contributed by atoms with Crippen LogP contribution in [0.1, 0.15) is 12.0 Å². The Morgan fingerprint density at radius 3 is 3.00 bits per heavy atom. The fraction of sp³-hybridized carbons (Fsp3) is 0.462. The van der Waals surface area contributed by atoms with Crippen molar-refractivity contribution in [1.82, 2.24) is 5.32 Å². The second-order valence-corrected chi connectivity index (χ2v) is 4.60. The number of aliphatic hydroxyl groups is 1. The molecule has 0 spiro atoms. The zero-order valence-electron chi connectivity index (χ0n) is 9.99. The molecule has 4 nitrogen and oxygen atoms in total. The van der Waals surface area contributed by atoms with Gasteiger partial charge in [0.1, 0.15) is 5.82 Å². The van der Waals surface area contributed by atoms with Crippen LogP contribution in [0.25, 0.3) is 0 Å². The largest absolute Gasteiger partial charge is 0.394 e. The molecule has 0 saturated carbocycles. The van der Waals surface area contributed by atoms with E-state index in [0.717, 1.165) is 0 Å². The Hall–Kier alpha value is -1.46. The molecule has 2 rings (SSSR count). The van der Waals surface area contributed by atoms with Gasteiger partial charge in [0, 0.05) is 6.61 Å². The Balaban J connectivity index is 1.96. The number of rotatable bonds is 4. The predicted octanol–water partition coefficient (Wildman–Crippen LogP) is 0.636. The van der Waals surface area contributed by atoms with Crippen LogP contribution >= 0.6 is 0 Å². The van der Waals surface area contributed by atoms with Gasteiger partial charge in [-0.2, -0.15) is 0 Å². The molecule has 1 aromatic carbocycles. The number of halogens is 1. The number of aliphatic hydroxyl groups excluding tert-OH is 1. The van der Waals surface area contributed by atoms with Crippen molar-refractivity contribution in [3.05, 3.63) is 35.6 Å². The first-order chi connectivity index (χ1) is 8.63. The smallest absolute Gasteiger partial charge is 0.225 e. The second kappa shape index (κ2) is 5.46. The summed E-state index contributed by atoms with van der Waals surface area (Å²) in [6, 6.07) is 5.93. The van der Waals surface area contributed by atoms with Gasteiger partial charge in [0.2, 0.25) is 5.91 Å². The maximum atomic E-state index is 13.0. The molecule has 1 heterocycles. The highest BCUT2D eigenvalue weighted by Gasteiger charge is 2.35. The van der Waals surface area contributed by atoms with Gasteiger partial charge in [-0.1, -0.05) is 12.1 Å². The van der Waals surface area contributed by atoms with Gasteiger partial charge in [0.15, 0.2) is 0 Å². The van der Waals surface area contributed by atoms with Crippen LogP contribution in [0.15, 0.2) is 24.3 Å². The van der Waals surface area contributed by atoms with E-state index in [1.165, 1.54) is 12.1 Å². The maximum Gasteiger partial charge on any atom is 0.225 e. The van der Waals surface area contributed by atoms with E-state index in [2.05, 4.69) is 5.32 Å². The summed E-state index contributed by atoms with van der Waals surface area (Å²) in [5.41, 5.74) is -0.0655. The molecular weight excluding hydrogens is 237 g/mol. The third-order valence-electron chi connectivity index (χ3n) is 3.06. The quantitative estimate of drug-likeness (QED) is 0.827. The van der Waals surface area contributed by atoms with Crippen LogP contribution in [0, 0.1) is 5.82 Å². The van der Waals surface area contributed by atoms with E-state index in [4.69, 9.17) is 4.74 Å². The van der Waals surface area contributed by atoms with E-state index in [-0.39, 0.29) is 24.8 Å². The summed E-state index contributed by atoms with van der Waals surface area (Å²) in [7, 11) is 0. The maximum absolute atomic E-state index is 13.0. The number of ether oxygens (including phenoxy) is 1. The number of carbonyl (C=O) groups excluding carboxylic acids is 1. The van der Waals surface area contributed by atoms with Gasteiger partial charge in [0.25, 0.3) is 0 Å². The molecule has 1 aliphatic heterocycles. The summed E-state index contributed by atoms with van der Waals surface area (Å²) in [5.74, 6) is -0.596. The molecule has 98 valence electrons. The van der Waals surface area contributed by atoms with Crippen molar-refractivity contribution < 1.29 is 19.0 Å². The third-order valence-corrected chi connectivity index (χ3v) is 3.06. The topological polar surface area (TPSA) is 58.6 Å². The van der Waals surface area contributed by atoms with Crippen molar-refractivity contribution in [2.75, 3.05) is 19.8 Å². The summed E-state index contributed by atoms with van der Waals surface area (Å²) in [5, 5.41) is 12.1. The van der Waals surface area contributed by atoms with E-state index in [1.54, 1.807) is 12.1 Å². The van der Waals surface area contributed by atoms with Crippen molar-refractivity contribution in [3.8, 4) is 0 Å². The van der Waals surface area contributed by atoms with Crippen molar-refractivity contribution >= 4 is 5.91 Å². The molecule has 1 atom stereocenters. The molecule has 0 aliphatic carbocycles. The monoisotopic (exact) mass is 253 g/mol. The number of benzene rings is 1. The van der Waals surface area contributed by atoms with Crippen LogP contribution < -0.4 is 5.32 Å². The molecule has 0 bridgehead atoms. The summed E-state index contributed by atoms with van der Waals surface area (Å²) in [6.07, 6.45) is 0.692. The lowest BCUT2D eigenvalue weighted by Gasteiger charge is -2.26. The van der Waals surface area contributed by atoms with Crippen LogP contribution in [-0.4, -0.2) is 36.4 Å². The fourth-order valence-corrected chi connectivity index (χ4v) is 2.04. The predicted molar refractivity (Wildman–Crippen MR) is 63.5 cm³/mol. The van der Waals surface area contributed by atoms with Crippen LogP contribution in [0.4, 0.5) is 4.39 Å². The van der Waals surface area contributed by atoms with E-state index in [0.29, 0.717) is 25.2 Å². The van der Waals surface area contributed by atoms with Crippen LogP contribution in [0.2, 0.25) is 0 Å². The van der Waals surface area contributed by atoms with Crippen LogP contribution in [0.5, 0.6) is 0 Å². The second-order valence-electron chi connectivity index (χ2n) is 4.60. The van der Waals surface area contributed by atoms with Crippen molar-refractivity contribution in [1.29, 1.82) is 0 Å². The molecule has 0 aromatic heterocycles. The van der Waals surface area contributed by atoms with Crippen molar-refractivity contribution in [2.45, 2.75) is 18.4 Å². The van der Waals surface area contributed by atoms with Gasteiger partial charge in [-0.3, -0.25) is 4.79 Å². The Kier molecular flexibility index (Phi) is 3.93. The molecule has 1 aromatic rings. The molecule has 18 heavy (non-hydrogen) atoms. The molecule has 0 radical (unpaired) electrons. The van der Waals surface area contributed by atoms with Gasteiger partial charge < -0.3 is 15.2 Å². The highest BCUT2D eigenvalue weighted by atomic mass is 19.1. The summed E-state index contributed by atoms with van der Waals surface area (Å²) in [4.78, 5) is 11.8. The lowest BCUT2D eigenvalue weighted by Crippen LogP contribution is -2.52. The minimum Gasteiger partial charge on any atom is -0.394 e. The van der Waals surface area contributed by atoms with Crippen LogP contribution in [0.3, 0.4) is 0 Å². The molecule has 1 unspecified atom stereocenters. The molecular formula is C13H16FNO3. The van der Waals surface area contributed by atoms with Gasteiger partial charge in [-0.15, -0.1) is 0 Å². The van der Waals surface area contributed by atoms with Crippen molar-refractivity contribution in [3.63, 3.8) is 0 Å². The van der Waals surface area contributed by atoms with E-state index in [1.807, 2.05) is 0 Å². The van der Waals surface area contributed by atoms with Crippen LogP contribution in [-0.2, 0) is 16.0 Å². The average molecular weight is 253 g/mol. The molecule has 2 N–H and O–H groups in total. The summed E-state index contributed by atoms with van der Waals surface area (Å²) < 4.78 is 18.2. The highest BCUT2D eigenvalue weighted by molar-refractivity contribution is 5.79. The zero-order chi connectivity index (χ0) is 13.0. The first kappa shape index (κ1) is 13.0. The Morgan fingerprint density at radius 2 is 2.39 bits per heavy atom. The van der Waals surface area contributed by atoms with E-state index < -0.39 is 5.54 Å². The number of amides is 1. The first-order valence-corrected chi connectivity index (χ1v) is 5.88. The molecule has 1 aliphatic rings. The lowest BCUT2D eigenvalue weighted by molar-refractivity contribution is -0.123. The molecule has 5 heteroatoms. The number of hydrogen-bond donors (Lipinski definition) is 2. The van der Waals surface area contributed by atoms with E-state index >= 15 is 0 Å². The van der Waals surface area contributed by atoms with Gasteiger partial charge in [-0.05, 0) is 24.1 Å². The highest BCUT2D eigenvalue weighted by Crippen LogP contribution is 2.18. The molecule has 1 fully saturated rings. The van der Waals surface area contributed by atoms with E-state index in [9.17, 15) is 14.3 Å². The SMILES string of the molecule is O=C(Cc1cccc(F)c1)NC1(CO)CCOC1. The van der Waals surface area contributed by atoms with Gasteiger partial charge in [-0.25, -0.2) is 4.39 Å². The number of carbonyl (C=O) groups is 1. The fourth-order valence-electron chi connectivity index (χ4n) is 2.04. The minimum absolute atomic E-state index is 0.0967. The first-order valence-electron chi connectivity index (χ1n) is 5.88. The third kappa shape index (κ3) is 3.05. The van der Waals surface area contributed by atoms with Gasteiger partial charge in [0.05, 0.1) is 25.2 Å². The number of hydrogen-bond acceptors (Lipinski definition) is 3. The van der Waals surface area contributed by atoms with Crippen molar-refractivity contribution in [2.24, 2.45) is 0 Å². The Labute approximate surface area is 105 Å². The van der Waals surface area contributed by atoms with Gasteiger partial charge >= 0.3 is 0 Å². The molecule has 1 saturated heterocycles. The standard InChI is InChI=1S/C13H16FNO3/c14-11-3-1-2-10(6-11)7-12(17)15-13(8-16)4-5-18-9-13/h1-3,6,16H,4-5,7-9H2,(H,15,17). The zero-order valence-corrected chi connectivity index (χ0v) is 9.99. The Morgan fingerprint density at radius 1 is 1.56 bits per heavy atom. The molecule has 1 amide bonds. The average Bonchev–Trinajstić information content (AvgIpc) is 2.78. The summed E-state index contributed by atoms with van der Waals surface area (Å²) in [6.45, 7) is 0.696. The number of nitrogens with one attached hydrogen (secondary N) is 1. The normalized spacial score (nSPS) is 23.0. The summed E-state index contributed by atoms with van der Waals surface area (Å²) >= 11 is 0. The minimum atomic E-state index is -0.676. The Bertz CT molecular complexity index is 430. The lowest BCUT2D eigenvalue weighted by atomic mass is 9.99.